The van der Waals surface area contributed by atoms with Gasteiger partial charge in [0.15, 0.2) is 0 Å². The molecule has 0 spiro atoms. The molecule has 6 heteroatoms. The molecular weight excluding hydrogens is 370 g/mol. The fraction of sp³-hybridized carbons (Fsp3) is 0.545. The molecule has 94 valence electrons. The molecule has 1 aromatic rings. The summed E-state index contributed by atoms with van der Waals surface area (Å²) in [6.45, 7) is 4.15. The molecule has 0 aromatic carbocycles. The molecule has 0 bridgehead atoms. The second kappa shape index (κ2) is 4.99. The van der Waals surface area contributed by atoms with Crippen LogP contribution in [0, 0.1) is 5.41 Å². The first kappa shape index (κ1) is 13.5. The average Bonchev–Trinajstić information content (AvgIpc) is 2.74. The maximum absolute atomic E-state index is 11.1. The standard InChI is InChI=1S/C11H13Br2NO2S/c1-11(10(15)16)2-3-14(6-11)5-7-4-8(12)9(13)17-7/h4H,2-3,5-6H2,1H3,(H,15,16). The van der Waals surface area contributed by atoms with E-state index in [1.165, 1.54) is 4.88 Å². The van der Waals surface area contributed by atoms with Crippen LogP contribution in [0.1, 0.15) is 18.2 Å². The first-order chi connectivity index (χ1) is 7.90. The van der Waals surface area contributed by atoms with Gasteiger partial charge in [-0.15, -0.1) is 11.3 Å². The summed E-state index contributed by atoms with van der Waals surface area (Å²) in [6.07, 6.45) is 0.732. The van der Waals surface area contributed by atoms with Gasteiger partial charge >= 0.3 is 5.97 Å². The van der Waals surface area contributed by atoms with E-state index in [0.717, 1.165) is 27.8 Å². The largest absolute Gasteiger partial charge is 0.481 e. The Labute approximate surface area is 121 Å². The van der Waals surface area contributed by atoms with E-state index in [0.29, 0.717) is 6.54 Å². The van der Waals surface area contributed by atoms with Crippen LogP contribution >= 0.6 is 43.2 Å². The maximum Gasteiger partial charge on any atom is 0.310 e. The summed E-state index contributed by atoms with van der Waals surface area (Å²) in [5, 5.41) is 9.17. The lowest BCUT2D eigenvalue weighted by atomic mass is 9.90. The second-order valence-corrected chi connectivity index (χ2v) is 7.97. The number of hydrogen-bond acceptors (Lipinski definition) is 3. The van der Waals surface area contributed by atoms with Gasteiger partial charge in [0.2, 0.25) is 0 Å². The van der Waals surface area contributed by atoms with Crippen LogP contribution in [0.5, 0.6) is 0 Å². The van der Waals surface area contributed by atoms with Crippen molar-refractivity contribution in [3.63, 3.8) is 0 Å². The average molecular weight is 383 g/mol. The molecule has 0 aliphatic carbocycles. The van der Waals surface area contributed by atoms with Gasteiger partial charge in [0.1, 0.15) is 0 Å². The van der Waals surface area contributed by atoms with Crippen LogP contribution in [0.15, 0.2) is 14.3 Å². The van der Waals surface area contributed by atoms with Gasteiger partial charge in [-0.2, -0.15) is 0 Å². The molecule has 1 fully saturated rings. The Kier molecular flexibility index (Phi) is 3.97. The number of carbonyl (C=O) groups is 1. The van der Waals surface area contributed by atoms with Gasteiger partial charge < -0.3 is 5.11 Å². The van der Waals surface area contributed by atoms with Crippen molar-refractivity contribution >= 4 is 49.2 Å². The molecule has 1 N–H and O–H groups in total. The lowest BCUT2D eigenvalue weighted by molar-refractivity contribution is -0.147. The van der Waals surface area contributed by atoms with Crippen LogP contribution in [-0.2, 0) is 11.3 Å². The van der Waals surface area contributed by atoms with Crippen molar-refractivity contribution in [1.29, 1.82) is 0 Å². The van der Waals surface area contributed by atoms with Gasteiger partial charge in [-0.25, -0.2) is 0 Å². The molecule has 1 aliphatic heterocycles. The van der Waals surface area contributed by atoms with E-state index in [2.05, 4.69) is 42.8 Å². The van der Waals surface area contributed by atoms with E-state index in [1.54, 1.807) is 11.3 Å². The van der Waals surface area contributed by atoms with Crippen LogP contribution in [0.4, 0.5) is 0 Å². The van der Waals surface area contributed by atoms with Crippen molar-refractivity contribution in [3.05, 3.63) is 19.2 Å². The van der Waals surface area contributed by atoms with Crippen LogP contribution in [-0.4, -0.2) is 29.1 Å². The molecule has 0 radical (unpaired) electrons. The normalized spacial score (nSPS) is 25.4. The predicted octanol–water partition coefficient (Wildman–Crippen LogP) is 3.57. The van der Waals surface area contributed by atoms with E-state index >= 15 is 0 Å². The number of aliphatic carboxylic acids is 1. The van der Waals surface area contributed by atoms with E-state index in [-0.39, 0.29) is 0 Å². The van der Waals surface area contributed by atoms with Crippen molar-refractivity contribution in [1.82, 2.24) is 4.90 Å². The highest BCUT2D eigenvalue weighted by Gasteiger charge is 2.40. The smallest absolute Gasteiger partial charge is 0.310 e. The number of likely N-dealkylation sites (tertiary alicyclic amines) is 1. The third kappa shape index (κ3) is 2.92. The van der Waals surface area contributed by atoms with Crippen molar-refractivity contribution in [2.24, 2.45) is 5.41 Å². The van der Waals surface area contributed by atoms with Crippen LogP contribution in [0.3, 0.4) is 0 Å². The van der Waals surface area contributed by atoms with E-state index < -0.39 is 11.4 Å². The van der Waals surface area contributed by atoms with Crippen molar-refractivity contribution in [2.75, 3.05) is 13.1 Å². The molecule has 1 aliphatic rings. The molecular formula is C11H13Br2NO2S. The molecule has 2 heterocycles. The zero-order valence-electron chi connectivity index (χ0n) is 9.37. The summed E-state index contributed by atoms with van der Waals surface area (Å²) in [6, 6.07) is 2.09. The SMILES string of the molecule is CC1(C(=O)O)CCN(Cc2cc(Br)c(Br)s2)C1. The molecule has 0 amide bonds. The Morgan fingerprint density at radius 2 is 2.35 bits per heavy atom. The van der Waals surface area contributed by atoms with Gasteiger partial charge in [-0.05, 0) is 57.8 Å². The maximum atomic E-state index is 11.1. The Bertz CT molecular complexity index is 429. The van der Waals surface area contributed by atoms with E-state index in [9.17, 15) is 4.79 Å². The van der Waals surface area contributed by atoms with Crippen molar-refractivity contribution < 1.29 is 9.90 Å². The molecule has 1 saturated heterocycles. The predicted molar refractivity (Wildman–Crippen MR) is 75.4 cm³/mol. The molecule has 1 unspecified atom stereocenters. The number of carboxylic acids is 1. The number of carboxylic acid groups (broad SMARTS) is 1. The van der Waals surface area contributed by atoms with E-state index in [4.69, 9.17) is 5.11 Å². The number of thiophene rings is 1. The Hall–Kier alpha value is 0.0900. The third-order valence-electron chi connectivity index (χ3n) is 3.14. The first-order valence-electron chi connectivity index (χ1n) is 5.30. The number of hydrogen-bond donors (Lipinski definition) is 1. The Morgan fingerprint density at radius 1 is 1.65 bits per heavy atom. The highest BCUT2D eigenvalue weighted by atomic mass is 79.9. The second-order valence-electron chi connectivity index (χ2n) is 4.66. The molecule has 3 nitrogen and oxygen atoms in total. The Balaban J connectivity index is 2.01. The van der Waals surface area contributed by atoms with E-state index in [1.807, 2.05) is 6.92 Å². The van der Waals surface area contributed by atoms with Gasteiger partial charge in [0.25, 0.3) is 0 Å². The molecule has 1 atom stereocenters. The van der Waals surface area contributed by atoms with Gasteiger partial charge in [0, 0.05) is 22.4 Å². The van der Waals surface area contributed by atoms with Crippen LogP contribution in [0.2, 0.25) is 0 Å². The van der Waals surface area contributed by atoms with Gasteiger partial charge in [0.05, 0.1) is 9.20 Å². The fourth-order valence-corrected chi connectivity index (χ4v) is 4.28. The highest BCUT2D eigenvalue weighted by Crippen LogP contribution is 2.35. The Morgan fingerprint density at radius 3 is 2.82 bits per heavy atom. The molecule has 17 heavy (non-hydrogen) atoms. The molecule has 0 saturated carbocycles. The summed E-state index contributed by atoms with van der Waals surface area (Å²) in [5.41, 5.74) is -0.578. The summed E-state index contributed by atoms with van der Waals surface area (Å²) in [4.78, 5) is 14.6. The summed E-state index contributed by atoms with van der Waals surface area (Å²) >= 11 is 8.62. The summed E-state index contributed by atoms with van der Waals surface area (Å²) in [5.74, 6) is -0.687. The number of nitrogens with zero attached hydrogens (tertiary/aromatic N) is 1. The van der Waals surface area contributed by atoms with Gasteiger partial charge in [-0.3, -0.25) is 9.69 Å². The monoisotopic (exact) mass is 381 g/mol. The third-order valence-corrected chi connectivity index (χ3v) is 6.39. The zero-order chi connectivity index (χ0) is 12.6. The zero-order valence-corrected chi connectivity index (χ0v) is 13.4. The minimum Gasteiger partial charge on any atom is -0.481 e. The van der Waals surface area contributed by atoms with Crippen molar-refractivity contribution in [2.45, 2.75) is 19.9 Å². The molecule has 1 aromatic heterocycles. The summed E-state index contributed by atoms with van der Waals surface area (Å²) < 4.78 is 2.16. The van der Waals surface area contributed by atoms with Crippen molar-refractivity contribution in [3.8, 4) is 0 Å². The lowest BCUT2D eigenvalue weighted by Crippen LogP contribution is -2.31. The van der Waals surface area contributed by atoms with Crippen LogP contribution < -0.4 is 0 Å². The topological polar surface area (TPSA) is 40.5 Å². The first-order valence-corrected chi connectivity index (χ1v) is 7.70. The molecule has 2 rings (SSSR count). The minimum atomic E-state index is -0.687. The number of rotatable bonds is 3. The fourth-order valence-electron chi connectivity index (χ4n) is 2.06. The quantitative estimate of drug-likeness (QED) is 0.868. The highest BCUT2D eigenvalue weighted by molar-refractivity contribution is 9.13. The van der Waals surface area contributed by atoms with Crippen LogP contribution in [0.25, 0.3) is 0 Å². The lowest BCUT2D eigenvalue weighted by Gasteiger charge is -2.19. The summed E-state index contributed by atoms with van der Waals surface area (Å²) in [7, 11) is 0. The minimum absolute atomic E-state index is 0.578. The van der Waals surface area contributed by atoms with Gasteiger partial charge in [-0.1, -0.05) is 0 Å². The number of halogens is 2.